The molecule has 2 aromatic heterocycles. The smallest absolute Gasteiger partial charge is 0.349 e. The number of hydrogen-bond acceptors (Lipinski definition) is 14. The SMILES string of the molecule is CN[C@H]1CN(Cc2ccccc2)CC[C@H]1C.Cc1ccc(C(=O)O[C@@H](C(=O)O)[C@@H](OC(=O)c2ccc(C)cc2)C(=O)O)cc1.Cc1ccc(S(=O)(=O)n2ccc3c(N(C)[C@H]4CN(Cc5ccccc5)CC[C@H]4C)ncnc32)cc1. The number of nitrogens with zero attached hydrogens (tertiary/aromatic N) is 6. The third kappa shape index (κ3) is 15.5. The van der Waals surface area contributed by atoms with Gasteiger partial charge in [-0.2, -0.15) is 0 Å². The maximum Gasteiger partial charge on any atom is 0.349 e. The summed E-state index contributed by atoms with van der Waals surface area (Å²) < 4.78 is 37.6. The highest BCUT2D eigenvalue weighted by Gasteiger charge is 2.41. The van der Waals surface area contributed by atoms with Gasteiger partial charge in [-0.3, -0.25) is 9.80 Å². The van der Waals surface area contributed by atoms with Crippen LogP contribution in [0.3, 0.4) is 0 Å². The summed E-state index contributed by atoms with van der Waals surface area (Å²) >= 11 is 0. The fourth-order valence-electron chi connectivity index (χ4n) is 9.70. The Morgan fingerprint density at radius 1 is 0.646 bits per heavy atom. The molecular weight excluding hydrogens is 1020 g/mol. The Hall–Kier alpha value is -7.77. The summed E-state index contributed by atoms with van der Waals surface area (Å²) in [5, 5.41) is 22.8. The zero-order valence-electron chi connectivity index (χ0n) is 45.8. The Balaban J connectivity index is 0.000000183. The van der Waals surface area contributed by atoms with Crippen LogP contribution >= 0.6 is 0 Å². The average molecular weight is 1090 g/mol. The largest absolute Gasteiger partial charge is 0.478 e. The molecule has 0 radical (unpaired) electrons. The Morgan fingerprint density at radius 3 is 1.57 bits per heavy atom. The van der Waals surface area contributed by atoms with Gasteiger partial charge < -0.3 is 29.9 Å². The number of rotatable bonds is 16. The number of aryl methyl sites for hydroxylation is 3. The first kappa shape index (κ1) is 58.9. The van der Waals surface area contributed by atoms with Crippen molar-refractivity contribution in [2.24, 2.45) is 11.8 Å². The van der Waals surface area contributed by atoms with Crippen LogP contribution in [0.2, 0.25) is 0 Å². The van der Waals surface area contributed by atoms with Crippen LogP contribution in [0, 0.1) is 32.6 Å². The molecule has 6 atom stereocenters. The maximum absolute atomic E-state index is 13.4. The van der Waals surface area contributed by atoms with Crippen LogP contribution in [-0.4, -0.2) is 131 Å². The first-order chi connectivity index (χ1) is 37.8. The van der Waals surface area contributed by atoms with E-state index in [1.54, 1.807) is 68.6 Å². The van der Waals surface area contributed by atoms with E-state index < -0.39 is 46.1 Å². The Kier molecular flexibility index (Phi) is 20.3. The normalized spacial score (nSPS) is 18.4. The van der Waals surface area contributed by atoms with Gasteiger partial charge in [-0.1, -0.05) is 128 Å². The van der Waals surface area contributed by atoms with E-state index in [2.05, 4.69) is 113 Å². The molecule has 416 valence electrons. The summed E-state index contributed by atoms with van der Waals surface area (Å²) in [6.45, 7) is 16.5. The number of ether oxygens (including phenoxy) is 2. The molecule has 0 aliphatic carbocycles. The van der Waals surface area contributed by atoms with E-state index in [1.807, 2.05) is 19.1 Å². The first-order valence-electron chi connectivity index (χ1n) is 26.4. The van der Waals surface area contributed by atoms with Gasteiger partial charge in [0.2, 0.25) is 12.2 Å². The van der Waals surface area contributed by atoms with E-state index in [4.69, 9.17) is 9.47 Å². The molecule has 0 amide bonds. The molecule has 2 aliphatic rings. The van der Waals surface area contributed by atoms with Gasteiger partial charge in [0.15, 0.2) is 5.65 Å². The van der Waals surface area contributed by atoms with Crippen LogP contribution in [0.1, 0.15) is 75.2 Å². The van der Waals surface area contributed by atoms with Crippen molar-refractivity contribution in [2.75, 3.05) is 45.2 Å². The molecule has 0 spiro atoms. The zero-order chi connectivity index (χ0) is 56.8. The van der Waals surface area contributed by atoms with Crippen molar-refractivity contribution in [3.63, 3.8) is 0 Å². The quantitative estimate of drug-likeness (QED) is 0.0772. The highest BCUT2D eigenvalue weighted by atomic mass is 32.2. The third-order valence-corrected chi connectivity index (χ3v) is 16.2. The van der Waals surface area contributed by atoms with Gasteiger partial charge in [-0.05, 0) is 119 Å². The van der Waals surface area contributed by atoms with Crippen molar-refractivity contribution >= 4 is 50.8 Å². The van der Waals surface area contributed by atoms with Crippen molar-refractivity contribution in [3.05, 3.63) is 191 Å². The molecule has 0 saturated carbocycles. The van der Waals surface area contributed by atoms with Crippen LogP contribution in [0.5, 0.6) is 0 Å². The number of hydrogen-bond donors (Lipinski definition) is 3. The lowest BCUT2D eigenvalue weighted by Crippen LogP contribution is -2.50. The molecule has 3 N–H and O–H groups in total. The van der Waals surface area contributed by atoms with E-state index >= 15 is 0 Å². The molecule has 0 bridgehead atoms. The molecule has 18 heteroatoms. The van der Waals surface area contributed by atoms with Crippen molar-refractivity contribution < 1.29 is 47.3 Å². The molecule has 9 rings (SSSR count). The summed E-state index contributed by atoms with van der Waals surface area (Å²) in [5.74, 6) is -3.58. The van der Waals surface area contributed by atoms with E-state index in [9.17, 15) is 37.8 Å². The number of carboxylic acid groups (broad SMARTS) is 2. The van der Waals surface area contributed by atoms with Crippen molar-refractivity contribution in [3.8, 4) is 0 Å². The number of likely N-dealkylation sites (N-methyl/N-ethyl adjacent to an activating group) is 2. The number of carboxylic acids is 2. The predicted octanol–water partition coefficient (Wildman–Crippen LogP) is 8.66. The number of carbonyl (C=O) groups is 4. The lowest BCUT2D eigenvalue weighted by Gasteiger charge is -2.42. The Labute approximate surface area is 462 Å². The first-order valence-corrected chi connectivity index (χ1v) is 27.8. The second-order valence-corrected chi connectivity index (χ2v) is 22.3. The molecule has 4 heterocycles. The van der Waals surface area contributed by atoms with Crippen molar-refractivity contribution in [1.29, 1.82) is 0 Å². The molecule has 79 heavy (non-hydrogen) atoms. The van der Waals surface area contributed by atoms with Crippen LogP contribution in [0.15, 0.2) is 157 Å². The number of esters is 2. The van der Waals surface area contributed by atoms with Crippen LogP contribution < -0.4 is 10.2 Å². The second kappa shape index (κ2) is 27.2. The van der Waals surface area contributed by atoms with Crippen LogP contribution in [0.25, 0.3) is 11.0 Å². The third-order valence-electron chi connectivity index (χ3n) is 14.6. The monoisotopic (exact) mass is 1090 g/mol. The average Bonchev–Trinajstić information content (AvgIpc) is 4.07. The number of carbonyl (C=O) groups excluding carboxylic acids is 2. The lowest BCUT2D eigenvalue weighted by molar-refractivity contribution is -0.166. The summed E-state index contributed by atoms with van der Waals surface area (Å²) in [5.41, 5.74) is 5.93. The molecule has 2 aliphatic heterocycles. The van der Waals surface area contributed by atoms with Gasteiger partial charge in [0.05, 0.1) is 21.4 Å². The number of aliphatic carboxylic acids is 2. The standard InChI is InChI=1S/C27H31N5O2S.C20H18O8.C14H22N2/c1-20-9-11-23(12-10-20)35(33,34)32-16-14-24-26(28-19-29-27(24)32)30(3)25-18-31(15-13-21(25)2)17-22-7-5-4-6-8-22;1-11-3-7-13(8-4-11)19(25)27-15(17(21)22)16(18(23)24)28-20(26)14-9-5-12(2)6-10-14;1-12-8-9-16(11-14(12)15-2)10-13-6-4-3-5-7-13/h4-12,14,16,19,21,25H,13,15,17-18H2,1-3H3;3-10,15-16H,1-2H3,(H,21,22)(H,23,24);3-7,12,14-15H,8-11H2,1-2H3/t21-,25+;15-,16-;12-,14+/m111/s1. The minimum Gasteiger partial charge on any atom is -0.478 e. The van der Waals surface area contributed by atoms with Gasteiger partial charge in [0.25, 0.3) is 10.0 Å². The highest BCUT2D eigenvalue weighted by molar-refractivity contribution is 7.90. The Morgan fingerprint density at radius 2 is 1.10 bits per heavy atom. The summed E-state index contributed by atoms with van der Waals surface area (Å²) in [7, 11) is 0.372. The molecule has 17 nitrogen and oxygen atoms in total. The molecule has 2 saturated heterocycles. The Bertz CT molecular complexity index is 3180. The van der Waals surface area contributed by atoms with Gasteiger partial charge in [0, 0.05) is 51.5 Å². The minimum absolute atomic E-state index is 0.0332. The highest BCUT2D eigenvalue weighted by Crippen LogP contribution is 2.32. The molecule has 2 fully saturated rings. The summed E-state index contributed by atoms with van der Waals surface area (Å²) in [4.78, 5) is 63.8. The number of likely N-dealkylation sites (tertiary alicyclic amines) is 2. The number of nitrogens with one attached hydrogen (secondary N) is 1. The van der Waals surface area contributed by atoms with E-state index in [-0.39, 0.29) is 22.1 Å². The number of benzene rings is 5. The van der Waals surface area contributed by atoms with E-state index in [0.29, 0.717) is 17.6 Å². The topological polar surface area (TPSA) is 214 Å². The number of fused-ring (bicyclic) bond motifs is 1. The summed E-state index contributed by atoms with van der Waals surface area (Å²) in [6, 6.07) is 43.0. The van der Waals surface area contributed by atoms with Crippen LogP contribution in [-0.2, 0) is 42.2 Å². The number of anilines is 1. The van der Waals surface area contributed by atoms with Gasteiger partial charge in [-0.15, -0.1) is 0 Å². The number of aromatic nitrogens is 3. The van der Waals surface area contributed by atoms with Gasteiger partial charge in [0.1, 0.15) is 12.1 Å². The fraction of sp³-hybridized carbons (Fsp3) is 0.344. The molecule has 5 aromatic carbocycles. The predicted molar refractivity (Wildman–Crippen MR) is 303 cm³/mol. The van der Waals surface area contributed by atoms with Crippen molar-refractivity contribution in [1.82, 2.24) is 29.1 Å². The van der Waals surface area contributed by atoms with Crippen molar-refractivity contribution in [2.45, 2.75) is 89.7 Å². The number of piperidine rings is 2. The second-order valence-electron chi connectivity index (χ2n) is 20.5. The molecule has 7 aromatic rings. The zero-order valence-corrected chi connectivity index (χ0v) is 46.6. The lowest BCUT2D eigenvalue weighted by atomic mass is 9.92. The van der Waals surface area contributed by atoms with Gasteiger partial charge >= 0.3 is 23.9 Å². The van der Waals surface area contributed by atoms with E-state index in [1.165, 1.54) is 65.2 Å². The summed E-state index contributed by atoms with van der Waals surface area (Å²) in [6.07, 6.45) is 1.00. The maximum atomic E-state index is 13.4. The van der Waals surface area contributed by atoms with Gasteiger partial charge in [-0.25, -0.2) is 41.5 Å². The molecular formula is C61H71N7O10S. The fourth-order valence-corrected chi connectivity index (χ4v) is 11.0. The van der Waals surface area contributed by atoms with E-state index in [0.717, 1.165) is 66.4 Å². The minimum atomic E-state index is -3.76. The van der Waals surface area contributed by atoms with Crippen LogP contribution in [0.4, 0.5) is 5.82 Å². The molecule has 0 unspecified atom stereocenters.